The van der Waals surface area contributed by atoms with Gasteiger partial charge in [-0.1, -0.05) is 0 Å². The summed E-state index contributed by atoms with van der Waals surface area (Å²) >= 11 is 0. The van der Waals surface area contributed by atoms with Crippen molar-refractivity contribution in [1.82, 2.24) is 0 Å². The van der Waals surface area contributed by atoms with Crippen molar-refractivity contribution in [1.29, 1.82) is 0 Å². The molecule has 12 heavy (non-hydrogen) atoms. The molecule has 0 aromatic carbocycles. The standard InChI is InChI=1S/C10H12O2/c1-6-3-4-10(12-6)9-5-8(9)7(2)11/h3-4,8-9H,5H2,1-2H3/t8-,9-/m0/s1. The Balaban J connectivity index is 2.10. The monoisotopic (exact) mass is 164 g/mol. The second-order valence-electron chi connectivity index (χ2n) is 3.51. The fraction of sp³-hybridized carbons (Fsp3) is 0.500. The summed E-state index contributed by atoms with van der Waals surface area (Å²) in [6.45, 7) is 3.58. The number of hydrogen-bond donors (Lipinski definition) is 0. The SMILES string of the molecule is CC(=O)[C@@H]1C[C@@H]1c1ccc(C)o1. The number of hydrogen-bond acceptors (Lipinski definition) is 2. The van der Waals surface area contributed by atoms with E-state index < -0.39 is 0 Å². The molecule has 1 saturated carbocycles. The lowest BCUT2D eigenvalue weighted by Crippen LogP contribution is -1.93. The zero-order valence-corrected chi connectivity index (χ0v) is 7.33. The third-order valence-electron chi connectivity index (χ3n) is 2.44. The molecular formula is C10H12O2. The van der Waals surface area contributed by atoms with Crippen LogP contribution in [-0.4, -0.2) is 5.78 Å². The van der Waals surface area contributed by atoms with Crippen LogP contribution in [0.3, 0.4) is 0 Å². The first-order valence-electron chi connectivity index (χ1n) is 4.25. The zero-order valence-electron chi connectivity index (χ0n) is 7.33. The first kappa shape index (κ1) is 7.59. The van der Waals surface area contributed by atoms with Crippen LogP contribution in [0.25, 0.3) is 0 Å². The molecule has 0 amide bonds. The maximum Gasteiger partial charge on any atom is 0.133 e. The molecule has 0 radical (unpaired) electrons. The van der Waals surface area contributed by atoms with Gasteiger partial charge >= 0.3 is 0 Å². The Morgan fingerprint density at radius 3 is 2.75 bits per heavy atom. The van der Waals surface area contributed by atoms with E-state index in [4.69, 9.17) is 4.42 Å². The van der Waals surface area contributed by atoms with E-state index in [0.717, 1.165) is 17.9 Å². The van der Waals surface area contributed by atoms with Crippen molar-refractivity contribution in [2.45, 2.75) is 26.2 Å². The van der Waals surface area contributed by atoms with Crippen LogP contribution in [0, 0.1) is 12.8 Å². The van der Waals surface area contributed by atoms with Gasteiger partial charge in [0, 0.05) is 11.8 Å². The van der Waals surface area contributed by atoms with Crippen molar-refractivity contribution in [3.05, 3.63) is 23.7 Å². The number of aryl methyl sites for hydroxylation is 1. The molecule has 64 valence electrons. The second kappa shape index (κ2) is 2.47. The third-order valence-corrected chi connectivity index (χ3v) is 2.44. The van der Waals surface area contributed by atoms with Gasteiger partial charge in [0.2, 0.25) is 0 Å². The predicted octanol–water partition coefficient (Wildman–Crippen LogP) is 2.28. The van der Waals surface area contributed by atoms with Gasteiger partial charge in [-0.05, 0) is 32.4 Å². The number of rotatable bonds is 2. The van der Waals surface area contributed by atoms with E-state index in [1.54, 1.807) is 6.92 Å². The topological polar surface area (TPSA) is 30.2 Å². The highest BCUT2D eigenvalue weighted by molar-refractivity contribution is 5.82. The van der Waals surface area contributed by atoms with Crippen LogP contribution in [0.5, 0.6) is 0 Å². The van der Waals surface area contributed by atoms with Gasteiger partial charge in [-0.15, -0.1) is 0 Å². The van der Waals surface area contributed by atoms with E-state index in [2.05, 4.69) is 0 Å². The summed E-state index contributed by atoms with van der Waals surface area (Å²) < 4.78 is 5.44. The van der Waals surface area contributed by atoms with Gasteiger partial charge in [0.1, 0.15) is 17.3 Å². The van der Waals surface area contributed by atoms with Gasteiger partial charge in [0.25, 0.3) is 0 Å². The predicted molar refractivity (Wildman–Crippen MR) is 45.0 cm³/mol. The van der Waals surface area contributed by atoms with Gasteiger partial charge in [-0.2, -0.15) is 0 Å². The normalized spacial score (nSPS) is 27.2. The van der Waals surface area contributed by atoms with Crippen molar-refractivity contribution in [3.8, 4) is 0 Å². The molecular weight excluding hydrogens is 152 g/mol. The molecule has 0 unspecified atom stereocenters. The minimum atomic E-state index is 0.232. The maximum absolute atomic E-state index is 11.0. The van der Waals surface area contributed by atoms with Crippen molar-refractivity contribution in [2.75, 3.05) is 0 Å². The van der Waals surface area contributed by atoms with Crippen molar-refractivity contribution in [2.24, 2.45) is 5.92 Å². The Labute approximate surface area is 71.6 Å². The largest absolute Gasteiger partial charge is 0.466 e. The quantitative estimate of drug-likeness (QED) is 0.671. The minimum absolute atomic E-state index is 0.232. The van der Waals surface area contributed by atoms with Gasteiger partial charge < -0.3 is 4.42 Å². The van der Waals surface area contributed by atoms with Gasteiger partial charge in [-0.3, -0.25) is 4.79 Å². The van der Waals surface area contributed by atoms with Gasteiger partial charge in [0.15, 0.2) is 0 Å². The van der Waals surface area contributed by atoms with Crippen molar-refractivity contribution in [3.63, 3.8) is 0 Å². The van der Waals surface area contributed by atoms with Crippen LogP contribution in [0.1, 0.15) is 30.8 Å². The number of carbonyl (C=O) groups excluding carboxylic acids is 1. The highest BCUT2D eigenvalue weighted by Crippen LogP contribution is 2.48. The first-order chi connectivity index (χ1) is 5.68. The summed E-state index contributed by atoms with van der Waals surface area (Å²) in [4.78, 5) is 11.0. The average Bonchev–Trinajstić information content (AvgIpc) is 2.70. The molecule has 1 aromatic rings. The van der Waals surface area contributed by atoms with Crippen LogP contribution in [0.15, 0.2) is 16.5 Å². The molecule has 2 rings (SSSR count). The van der Waals surface area contributed by atoms with E-state index >= 15 is 0 Å². The lowest BCUT2D eigenvalue weighted by molar-refractivity contribution is -0.118. The molecule has 1 aliphatic rings. The Bertz CT molecular complexity index is 311. The van der Waals surface area contributed by atoms with E-state index in [1.807, 2.05) is 19.1 Å². The molecule has 1 fully saturated rings. The van der Waals surface area contributed by atoms with Crippen LogP contribution in [0.2, 0.25) is 0 Å². The Hall–Kier alpha value is -1.05. The summed E-state index contributed by atoms with van der Waals surface area (Å²) in [5.41, 5.74) is 0. The number of Topliss-reactive ketones (excluding diaryl/α,β-unsaturated/α-hetero) is 1. The second-order valence-corrected chi connectivity index (χ2v) is 3.51. The fourth-order valence-corrected chi connectivity index (χ4v) is 1.61. The van der Waals surface area contributed by atoms with Crippen molar-refractivity contribution >= 4 is 5.78 Å². The Morgan fingerprint density at radius 1 is 1.58 bits per heavy atom. The van der Waals surface area contributed by atoms with E-state index in [-0.39, 0.29) is 11.7 Å². The minimum Gasteiger partial charge on any atom is -0.466 e. The molecule has 1 aliphatic carbocycles. The number of carbonyl (C=O) groups is 1. The summed E-state index contributed by atoms with van der Waals surface area (Å²) in [5.74, 6) is 2.80. The van der Waals surface area contributed by atoms with Crippen LogP contribution in [0.4, 0.5) is 0 Å². The molecule has 1 aromatic heterocycles. The lowest BCUT2D eigenvalue weighted by atomic mass is 10.2. The van der Waals surface area contributed by atoms with Crippen LogP contribution < -0.4 is 0 Å². The molecule has 1 heterocycles. The fourth-order valence-electron chi connectivity index (χ4n) is 1.61. The van der Waals surface area contributed by atoms with Gasteiger partial charge in [0.05, 0.1) is 0 Å². The Morgan fingerprint density at radius 2 is 2.33 bits per heavy atom. The van der Waals surface area contributed by atoms with E-state index in [1.165, 1.54) is 0 Å². The smallest absolute Gasteiger partial charge is 0.133 e. The third kappa shape index (κ3) is 1.17. The average molecular weight is 164 g/mol. The summed E-state index contributed by atoms with van der Waals surface area (Å²) in [7, 11) is 0. The molecule has 2 heteroatoms. The lowest BCUT2D eigenvalue weighted by Gasteiger charge is -1.90. The summed E-state index contributed by atoms with van der Waals surface area (Å²) in [6.07, 6.45) is 0.974. The van der Waals surface area contributed by atoms with Crippen LogP contribution in [-0.2, 0) is 4.79 Å². The summed E-state index contributed by atoms with van der Waals surface area (Å²) in [5, 5.41) is 0. The maximum atomic E-state index is 11.0. The molecule has 2 nitrogen and oxygen atoms in total. The molecule has 0 aliphatic heterocycles. The Kier molecular flexibility index (Phi) is 1.56. The highest BCUT2D eigenvalue weighted by atomic mass is 16.3. The molecule has 0 spiro atoms. The molecule has 2 atom stereocenters. The van der Waals surface area contributed by atoms with E-state index in [0.29, 0.717) is 5.92 Å². The number of furan rings is 1. The summed E-state index contributed by atoms with van der Waals surface area (Å²) in [6, 6.07) is 3.92. The van der Waals surface area contributed by atoms with Gasteiger partial charge in [-0.25, -0.2) is 0 Å². The highest BCUT2D eigenvalue weighted by Gasteiger charge is 2.43. The molecule has 0 N–H and O–H groups in total. The van der Waals surface area contributed by atoms with E-state index in [9.17, 15) is 4.79 Å². The molecule has 0 bridgehead atoms. The zero-order chi connectivity index (χ0) is 8.72. The number of ketones is 1. The van der Waals surface area contributed by atoms with Crippen LogP contribution >= 0.6 is 0 Å². The first-order valence-corrected chi connectivity index (χ1v) is 4.25. The van der Waals surface area contributed by atoms with Crippen molar-refractivity contribution < 1.29 is 9.21 Å². The molecule has 0 saturated heterocycles.